The van der Waals surface area contributed by atoms with E-state index in [-0.39, 0.29) is 0 Å². The zero-order valence-corrected chi connectivity index (χ0v) is 17.2. The molecule has 5 nitrogen and oxygen atoms in total. The van der Waals surface area contributed by atoms with Gasteiger partial charge in [-0.05, 0) is 56.9 Å². The van der Waals surface area contributed by atoms with Gasteiger partial charge in [0.25, 0.3) is 0 Å². The molecule has 2 aromatic rings. The largest absolute Gasteiger partial charge is 0.489 e. The summed E-state index contributed by atoms with van der Waals surface area (Å²) in [7, 11) is 0. The minimum Gasteiger partial charge on any atom is -0.489 e. The van der Waals surface area contributed by atoms with E-state index in [0.29, 0.717) is 43.9 Å². The van der Waals surface area contributed by atoms with Crippen molar-refractivity contribution in [3.8, 4) is 5.75 Å². The Bertz CT molecular complexity index is 840. The molecule has 1 heterocycles. The highest BCUT2D eigenvalue weighted by Crippen LogP contribution is 2.35. The van der Waals surface area contributed by atoms with Gasteiger partial charge in [-0.2, -0.15) is 0 Å². The Kier molecular flexibility index (Phi) is 6.13. The lowest BCUT2D eigenvalue weighted by Gasteiger charge is -2.39. The van der Waals surface area contributed by atoms with Gasteiger partial charge in [0.05, 0.1) is 5.60 Å². The van der Waals surface area contributed by atoms with Gasteiger partial charge in [-0.15, -0.1) is 0 Å². The number of carbonyl (C=O) groups is 1. The molecule has 0 aliphatic carbocycles. The van der Waals surface area contributed by atoms with E-state index in [0.717, 1.165) is 5.56 Å². The Labute approximate surface area is 171 Å². The van der Waals surface area contributed by atoms with Crippen LogP contribution in [0.5, 0.6) is 5.75 Å². The van der Waals surface area contributed by atoms with Crippen LogP contribution >= 0.6 is 0 Å². The maximum atomic E-state index is 14.2. The number of hydrogen-bond donors (Lipinski definition) is 1. The molecule has 29 heavy (non-hydrogen) atoms. The summed E-state index contributed by atoms with van der Waals surface area (Å²) < 4.78 is 25.3. The van der Waals surface area contributed by atoms with Crippen molar-refractivity contribution in [1.29, 1.82) is 0 Å². The van der Waals surface area contributed by atoms with Crippen LogP contribution in [0.1, 0.15) is 44.7 Å². The zero-order chi connectivity index (χ0) is 21.1. The molecule has 156 valence electrons. The van der Waals surface area contributed by atoms with Gasteiger partial charge in [-0.25, -0.2) is 9.18 Å². The maximum Gasteiger partial charge on any atom is 0.410 e. The Morgan fingerprint density at radius 3 is 2.41 bits per heavy atom. The van der Waals surface area contributed by atoms with Crippen molar-refractivity contribution in [2.45, 2.75) is 51.4 Å². The number of likely N-dealkylation sites (tertiary alicyclic amines) is 1. The third-order valence-corrected chi connectivity index (χ3v) is 4.90. The molecule has 0 unspecified atom stereocenters. The predicted octanol–water partition coefficient (Wildman–Crippen LogP) is 4.62. The summed E-state index contributed by atoms with van der Waals surface area (Å²) >= 11 is 0. The number of aliphatic hydroxyl groups is 1. The van der Waals surface area contributed by atoms with E-state index in [1.807, 2.05) is 51.1 Å². The van der Waals surface area contributed by atoms with Crippen LogP contribution in [0.15, 0.2) is 48.5 Å². The van der Waals surface area contributed by atoms with Gasteiger partial charge in [0.1, 0.15) is 23.8 Å². The predicted molar refractivity (Wildman–Crippen MR) is 108 cm³/mol. The van der Waals surface area contributed by atoms with Crippen molar-refractivity contribution in [1.82, 2.24) is 4.90 Å². The second-order valence-corrected chi connectivity index (χ2v) is 8.45. The first-order chi connectivity index (χ1) is 13.6. The van der Waals surface area contributed by atoms with Crippen molar-refractivity contribution < 1.29 is 23.8 Å². The van der Waals surface area contributed by atoms with Gasteiger partial charge in [-0.1, -0.05) is 30.3 Å². The summed E-state index contributed by atoms with van der Waals surface area (Å²) in [6.07, 6.45) is 0.201. The van der Waals surface area contributed by atoms with Gasteiger partial charge in [0.2, 0.25) is 0 Å². The van der Waals surface area contributed by atoms with E-state index in [1.54, 1.807) is 11.0 Å². The third kappa shape index (κ3) is 5.70. The van der Waals surface area contributed by atoms with Gasteiger partial charge in [-0.3, -0.25) is 0 Å². The molecule has 1 aliphatic heterocycles. The van der Waals surface area contributed by atoms with E-state index >= 15 is 0 Å². The molecule has 2 aromatic carbocycles. The fourth-order valence-corrected chi connectivity index (χ4v) is 3.33. The number of hydrogen-bond acceptors (Lipinski definition) is 4. The molecule has 1 fully saturated rings. The molecule has 0 aromatic heterocycles. The van der Waals surface area contributed by atoms with Crippen LogP contribution in [0.4, 0.5) is 9.18 Å². The fourth-order valence-electron chi connectivity index (χ4n) is 3.33. The first kappa shape index (κ1) is 21.1. The monoisotopic (exact) mass is 401 g/mol. The number of ether oxygens (including phenoxy) is 2. The molecule has 1 aliphatic rings. The van der Waals surface area contributed by atoms with E-state index in [1.165, 1.54) is 12.1 Å². The summed E-state index contributed by atoms with van der Waals surface area (Å²) in [6.45, 7) is 6.43. The molecule has 0 bridgehead atoms. The summed E-state index contributed by atoms with van der Waals surface area (Å²) in [5, 5.41) is 11.1. The van der Waals surface area contributed by atoms with Crippen LogP contribution in [0.25, 0.3) is 0 Å². The molecule has 1 saturated heterocycles. The molecule has 0 spiro atoms. The highest BCUT2D eigenvalue weighted by Gasteiger charge is 2.37. The first-order valence-corrected chi connectivity index (χ1v) is 9.83. The van der Waals surface area contributed by atoms with Gasteiger partial charge in [0, 0.05) is 19.2 Å². The molecule has 6 heteroatoms. The SMILES string of the molecule is CC(C)(C)OC(=O)N1CCC(O)(c2cc(F)cc(OCc3ccccc3)c2)CC1. The third-order valence-electron chi connectivity index (χ3n) is 4.90. The van der Waals surface area contributed by atoms with Gasteiger partial charge < -0.3 is 19.5 Å². The van der Waals surface area contributed by atoms with Crippen molar-refractivity contribution in [2.24, 2.45) is 0 Å². The topological polar surface area (TPSA) is 59.0 Å². The van der Waals surface area contributed by atoms with Gasteiger partial charge in [0.15, 0.2) is 0 Å². The Hall–Kier alpha value is -2.60. The fraction of sp³-hybridized carbons (Fsp3) is 0.435. The molecule has 0 atom stereocenters. The van der Waals surface area contributed by atoms with Crippen LogP contribution in [-0.4, -0.2) is 34.8 Å². The molecule has 1 N–H and O–H groups in total. The first-order valence-electron chi connectivity index (χ1n) is 9.83. The van der Waals surface area contributed by atoms with Crippen LogP contribution in [0, 0.1) is 5.82 Å². The van der Waals surface area contributed by atoms with Crippen molar-refractivity contribution >= 4 is 6.09 Å². The number of halogens is 1. The Morgan fingerprint density at radius 1 is 1.14 bits per heavy atom. The van der Waals surface area contributed by atoms with E-state index in [4.69, 9.17) is 9.47 Å². The summed E-state index contributed by atoms with van der Waals surface area (Å²) in [4.78, 5) is 13.8. The van der Waals surface area contributed by atoms with Crippen LogP contribution in [0.3, 0.4) is 0 Å². The van der Waals surface area contributed by atoms with Crippen LogP contribution in [-0.2, 0) is 16.9 Å². The maximum absolute atomic E-state index is 14.2. The summed E-state index contributed by atoms with van der Waals surface area (Å²) in [6, 6.07) is 13.9. The molecular weight excluding hydrogens is 373 g/mol. The van der Waals surface area contributed by atoms with Crippen molar-refractivity contribution in [2.75, 3.05) is 13.1 Å². The number of piperidine rings is 1. The summed E-state index contributed by atoms with van der Waals surface area (Å²) in [5.41, 5.74) is -0.351. The quantitative estimate of drug-likeness (QED) is 0.812. The average molecular weight is 401 g/mol. The highest BCUT2D eigenvalue weighted by atomic mass is 19.1. The normalized spacial score (nSPS) is 16.4. The minimum absolute atomic E-state index is 0.299. The Morgan fingerprint density at radius 2 is 1.79 bits per heavy atom. The lowest BCUT2D eigenvalue weighted by Crippen LogP contribution is -2.46. The number of carbonyl (C=O) groups excluding carboxylic acids is 1. The molecule has 1 amide bonds. The number of nitrogens with zero attached hydrogens (tertiary/aromatic N) is 1. The molecule has 0 radical (unpaired) electrons. The second kappa shape index (κ2) is 8.41. The molecule has 3 rings (SSSR count). The highest BCUT2D eigenvalue weighted by molar-refractivity contribution is 5.68. The number of benzene rings is 2. The lowest BCUT2D eigenvalue weighted by molar-refractivity contribution is -0.0359. The summed E-state index contributed by atoms with van der Waals surface area (Å²) in [5.74, 6) is -0.0968. The smallest absolute Gasteiger partial charge is 0.410 e. The van der Waals surface area contributed by atoms with Crippen molar-refractivity contribution in [3.05, 3.63) is 65.5 Å². The van der Waals surface area contributed by atoms with E-state index in [9.17, 15) is 14.3 Å². The van der Waals surface area contributed by atoms with Crippen LogP contribution in [0.2, 0.25) is 0 Å². The molecular formula is C23H28FNO4. The van der Waals surface area contributed by atoms with Crippen LogP contribution < -0.4 is 4.74 Å². The number of rotatable bonds is 4. The second-order valence-electron chi connectivity index (χ2n) is 8.45. The minimum atomic E-state index is -1.22. The average Bonchev–Trinajstić information content (AvgIpc) is 2.66. The van der Waals surface area contributed by atoms with E-state index in [2.05, 4.69) is 0 Å². The zero-order valence-electron chi connectivity index (χ0n) is 17.2. The Balaban J connectivity index is 1.67. The van der Waals surface area contributed by atoms with Crippen molar-refractivity contribution in [3.63, 3.8) is 0 Å². The standard InChI is InChI=1S/C23H28FNO4/c1-22(2,3)29-21(26)25-11-9-23(27,10-12-25)18-13-19(24)15-20(14-18)28-16-17-7-5-4-6-8-17/h4-8,13-15,27H,9-12,16H2,1-3H3. The molecule has 0 saturated carbocycles. The van der Waals surface area contributed by atoms with Gasteiger partial charge >= 0.3 is 6.09 Å². The van der Waals surface area contributed by atoms with E-state index < -0.39 is 23.1 Å². The number of amides is 1. The lowest BCUT2D eigenvalue weighted by atomic mass is 9.84.